The quantitative estimate of drug-likeness (QED) is 0.683. The average Bonchev–Trinajstić information content (AvgIpc) is 2.23. The molecule has 2 rings (SSSR count). The van der Waals surface area contributed by atoms with Gasteiger partial charge in [0.15, 0.2) is 0 Å². The summed E-state index contributed by atoms with van der Waals surface area (Å²) < 4.78 is 0. The van der Waals surface area contributed by atoms with Gasteiger partial charge >= 0.3 is 0 Å². The maximum atomic E-state index is 11.1. The molecular weight excluding hydrogens is 190 g/mol. The summed E-state index contributed by atoms with van der Waals surface area (Å²) in [6.07, 6.45) is 0. The maximum absolute atomic E-state index is 11.1. The minimum Gasteiger partial charge on any atom is -0.399 e. The molecule has 0 saturated heterocycles. The summed E-state index contributed by atoms with van der Waals surface area (Å²) in [6, 6.07) is 8.89. The Morgan fingerprint density at radius 1 is 1.27 bits per heavy atom. The first-order valence-corrected chi connectivity index (χ1v) is 4.59. The number of H-pyrrole nitrogens is 1. The number of anilines is 1. The van der Waals surface area contributed by atoms with E-state index >= 15 is 0 Å². The molecule has 0 bridgehead atoms. The Kier molecular flexibility index (Phi) is 2.25. The van der Waals surface area contributed by atoms with Crippen molar-refractivity contribution in [2.24, 2.45) is 0 Å². The van der Waals surface area contributed by atoms with Gasteiger partial charge in [-0.05, 0) is 24.6 Å². The fourth-order valence-electron chi connectivity index (χ4n) is 1.42. The van der Waals surface area contributed by atoms with Crippen LogP contribution in [0, 0.1) is 6.92 Å². The molecule has 0 aliphatic carbocycles. The number of nitrogens with one attached hydrogen (secondary N) is 1. The van der Waals surface area contributed by atoms with Crippen LogP contribution >= 0.6 is 0 Å². The van der Waals surface area contributed by atoms with E-state index in [4.69, 9.17) is 5.73 Å². The summed E-state index contributed by atoms with van der Waals surface area (Å²) >= 11 is 0. The van der Waals surface area contributed by atoms with Crippen LogP contribution < -0.4 is 11.3 Å². The monoisotopic (exact) mass is 201 g/mol. The first-order valence-electron chi connectivity index (χ1n) is 4.59. The Hall–Kier alpha value is -2.10. The second-order valence-electron chi connectivity index (χ2n) is 3.35. The van der Waals surface area contributed by atoms with Crippen LogP contribution in [0.25, 0.3) is 11.1 Å². The minimum absolute atomic E-state index is 0.201. The lowest BCUT2D eigenvalue weighted by molar-refractivity contribution is 0.949. The molecule has 0 aliphatic heterocycles. The number of nitrogens with zero attached hydrogens (tertiary/aromatic N) is 1. The molecule has 0 amide bonds. The van der Waals surface area contributed by atoms with E-state index in [0.29, 0.717) is 5.69 Å². The number of aromatic nitrogens is 2. The molecular formula is C11H11N3O. The number of aromatic amines is 1. The van der Waals surface area contributed by atoms with Gasteiger partial charge in [0.1, 0.15) is 0 Å². The van der Waals surface area contributed by atoms with Crippen LogP contribution in [0.5, 0.6) is 0 Å². The van der Waals surface area contributed by atoms with Crippen molar-refractivity contribution >= 4 is 5.69 Å². The molecule has 1 heterocycles. The fourth-order valence-corrected chi connectivity index (χ4v) is 1.42. The van der Waals surface area contributed by atoms with Crippen molar-refractivity contribution in [1.82, 2.24) is 10.2 Å². The highest BCUT2D eigenvalue weighted by Crippen LogP contribution is 2.20. The molecule has 76 valence electrons. The van der Waals surface area contributed by atoms with E-state index in [1.807, 2.05) is 19.1 Å². The Morgan fingerprint density at radius 3 is 2.60 bits per heavy atom. The summed E-state index contributed by atoms with van der Waals surface area (Å²) in [5, 5.41) is 6.30. The predicted octanol–water partition coefficient (Wildman–Crippen LogP) is 1.33. The molecule has 3 N–H and O–H groups in total. The highest BCUT2D eigenvalue weighted by atomic mass is 16.1. The van der Waals surface area contributed by atoms with Crippen molar-refractivity contribution in [1.29, 1.82) is 0 Å². The summed E-state index contributed by atoms with van der Waals surface area (Å²) in [6.45, 7) is 1.85. The Bertz CT molecular complexity index is 528. The van der Waals surface area contributed by atoms with Crippen LogP contribution in [-0.4, -0.2) is 10.2 Å². The summed E-state index contributed by atoms with van der Waals surface area (Å²) in [7, 11) is 0. The van der Waals surface area contributed by atoms with E-state index in [0.717, 1.165) is 16.8 Å². The predicted molar refractivity (Wildman–Crippen MR) is 59.4 cm³/mol. The van der Waals surface area contributed by atoms with Gasteiger partial charge in [0.05, 0.1) is 5.69 Å². The number of hydrogen-bond acceptors (Lipinski definition) is 3. The molecule has 0 atom stereocenters. The van der Waals surface area contributed by atoms with Crippen LogP contribution in [0.1, 0.15) is 5.69 Å². The summed E-state index contributed by atoms with van der Waals surface area (Å²) in [5.41, 5.74) is 8.66. The SMILES string of the molecule is Cc1n[nH]c(=O)cc1-c1ccc(N)cc1. The molecule has 15 heavy (non-hydrogen) atoms. The molecule has 4 nitrogen and oxygen atoms in total. The molecule has 0 saturated carbocycles. The normalized spacial score (nSPS) is 10.2. The Balaban J connectivity index is 2.58. The Labute approximate surface area is 86.8 Å². The molecule has 2 aromatic rings. The minimum atomic E-state index is -0.201. The maximum Gasteiger partial charge on any atom is 0.264 e. The molecule has 4 heteroatoms. The van der Waals surface area contributed by atoms with Gasteiger partial charge in [-0.3, -0.25) is 4.79 Å². The van der Waals surface area contributed by atoms with Crippen LogP contribution in [0.4, 0.5) is 5.69 Å². The van der Waals surface area contributed by atoms with Crippen molar-refractivity contribution in [3.05, 3.63) is 46.4 Å². The topological polar surface area (TPSA) is 71.8 Å². The van der Waals surface area contributed by atoms with Crippen molar-refractivity contribution in [2.45, 2.75) is 6.92 Å². The lowest BCUT2D eigenvalue weighted by Crippen LogP contribution is -2.08. The van der Waals surface area contributed by atoms with Crippen LogP contribution in [0.3, 0.4) is 0 Å². The molecule has 1 aromatic carbocycles. The molecule has 1 aromatic heterocycles. The molecule has 0 aliphatic rings. The Morgan fingerprint density at radius 2 is 1.93 bits per heavy atom. The third-order valence-electron chi connectivity index (χ3n) is 2.22. The van der Waals surface area contributed by atoms with E-state index in [2.05, 4.69) is 10.2 Å². The van der Waals surface area contributed by atoms with Crippen molar-refractivity contribution in [3.63, 3.8) is 0 Å². The van der Waals surface area contributed by atoms with Crippen molar-refractivity contribution in [3.8, 4) is 11.1 Å². The zero-order valence-electron chi connectivity index (χ0n) is 8.32. The van der Waals surface area contributed by atoms with Crippen LogP contribution in [-0.2, 0) is 0 Å². The molecule has 0 spiro atoms. The van der Waals surface area contributed by atoms with E-state index < -0.39 is 0 Å². The number of nitrogens with two attached hydrogens (primary N) is 1. The number of benzene rings is 1. The number of aryl methyl sites for hydroxylation is 1. The number of rotatable bonds is 1. The van der Waals surface area contributed by atoms with Gasteiger partial charge in [0.25, 0.3) is 5.56 Å². The summed E-state index contributed by atoms with van der Waals surface area (Å²) in [4.78, 5) is 11.1. The second-order valence-corrected chi connectivity index (χ2v) is 3.35. The second kappa shape index (κ2) is 3.57. The smallest absolute Gasteiger partial charge is 0.264 e. The highest BCUT2D eigenvalue weighted by molar-refractivity contribution is 5.66. The van der Waals surface area contributed by atoms with Gasteiger partial charge in [-0.25, -0.2) is 5.10 Å². The van der Waals surface area contributed by atoms with Crippen LogP contribution in [0.15, 0.2) is 35.1 Å². The first-order chi connectivity index (χ1) is 7.16. The fraction of sp³-hybridized carbons (Fsp3) is 0.0909. The standard InChI is InChI=1S/C11H11N3O/c1-7-10(6-11(15)14-13-7)8-2-4-9(12)5-3-8/h2-6H,12H2,1H3,(H,14,15). The summed E-state index contributed by atoms with van der Waals surface area (Å²) in [5.74, 6) is 0. The lowest BCUT2D eigenvalue weighted by atomic mass is 10.1. The third-order valence-corrected chi connectivity index (χ3v) is 2.22. The van der Waals surface area contributed by atoms with Gasteiger partial charge in [-0.1, -0.05) is 12.1 Å². The van der Waals surface area contributed by atoms with E-state index in [1.54, 1.807) is 12.1 Å². The average molecular weight is 201 g/mol. The zero-order valence-corrected chi connectivity index (χ0v) is 8.32. The number of hydrogen-bond donors (Lipinski definition) is 2. The van der Waals surface area contributed by atoms with E-state index in [9.17, 15) is 4.79 Å². The largest absolute Gasteiger partial charge is 0.399 e. The lowest BCUT2D eigenvalue weighted by Gasteiger charge is -2.03. The van der Waals surface area contributed by atoms with Gasteiger partial charge in [-0.15, -0.1) is 0 Å². The van der Waals surface area contributed by atoms with Crippen molar-refractivity contribution < 1.29 is 0 Å². The highest BCUT2D eigenvalue weighted by Gasteiger charge is 2.03. The van der Waals surface area contributed by atoms with E-state index in [1.165, 1.54) is 6.07 Å². The van der Waals surface area contributed by atoms with Gasteiger partial charge in [0.2, 0.25) is 0 Å². The molecule has 0 radical (unpaired) electrons. The van der Waals surface area contributed by atoms with Crippen LogP contribution in [0.2, 0.25) is 0 Å². The van der Waals surface area contributed by atoms with Gasteiger partial charge < -0.3 is 5.73 Å². The third kappa shape index (κ3) is 1.88. The number of nitrogen functional groups attached to an aromatic ring is 1. The van der Waals surface area contributed by atoms with E-state index in [-0.39, 0.29) is 5.56 Å². The molecule has 0 fully saturated rings. The van der Waals surface area contributed by atoms with Gasteiger partial charge in [-0.2, -0.15) is 5.10 Å². The first kappa shape index (κ1) is 9.45. The van der Waals surface area contributed by atoms with Gasteiger partial charge in [0, 0.05) is 17.3 Å². The molecule has 0 unspecified atom stereocenters. The van der Waals surface area contributed by atoms with Crippen molar-refractivity contribution in [2.75, 3.05) is 5.73 Å². The zero-order chi connectivity index (χ0) is 10.8.